The zero-order valence-corrected chi connectivity index (χ0v) is 12.0. The van der Waals surface area contributed by atoms with Crippen molar-refractivity contribution in [3.8, 4) is 0 Å². The summed E-state index contributed by atoms with van der Waals surface area (Å²) in [6.07, 6.45) is 1.07. The fourth-order valence-electron chi connectivity index (χ4n) is 2.38. The third-order valence-electron chi connectivity index (χ3n) is 3.47. The fourth-order valence-corrected chi connectivity index (χ4v) is 2.38. The molecule has 1 fully saturated rings. The summed E-state index contributed by atoms with van der Waals surface area (Å²) in [5.74, 6) is -0.379. The molecule has 2 heterocycles. The number of benzene rings is 1. The Morgan fingerprint density at radius 1 is 1.18 bits per heavy atom. The van der Waals surface area contributed by atoms with Gasteiger partial charge in [0.1, 0.15) is 11.6 Å². The van der Waals surface area contributed by atoms with Gasteiger partial charge in [-0.25, -0.2) is 9.37 Å². The average molecular weight is 301 g/mol. The molecule has 1 N–H and O–H groups in total. The molecule has 1 aliphatic heterocycles. The fraction of sp³-hybridized carbons (Fsp3) is 0.250. The molecule has 1 aliphatic rings. The molecular formula is C16H16FN3O2. The zero-order chi connectivity index (χ0) is 15.4. The number of morpholine rings is 1. The third-order valence-corrected chi connectivity index (χ3v) is 3.47. The predicted octanol–water partition coefficient (Wildman–Crippen LogP) is 2.31. The summed E-state index contributed by atoms with van der Waals surface area (Å²) in [5, 5.41) is 2.69. The first-order valence-corrected chi connectivity index (χ1v) is 7.09. The largest absolute Gasteiger partial charge is 0.378 e. The Balaban J connectivity index is 1.81. The zero-order valence-electron chi connectivity index (χ0n) is 12.0. The van der Waals surface area contributed by atoms with E-state index in [0.29, 0.717) is 24.6 Å². The second-order valence-electron chi connectivity index (χ2n) is 4.93. The standard InChI is InChI=1S/C16H16FN3O2/c17-12-5-6-15(18-11-12)19-16(21)13-3-1-2-4-14(13)20-7-9-22-10-8-20/h1-6,11H,7-10H2,(H,18,19,21). The summed E-state index contributed by atoms with van der Waals surface area (Å²) in [7, 11) is 0. The van der Waals surface area contributed by atoms with Gasteiger partial charge in [0.15, 0.2) is 0 Å². The Bertz CT molecular complexity index is 655. The minimum Gasteiger partial charge on any atom is -0.378 e. The molecule has 2 aromatic rings. The van der Waals surface area contributed by atoms with Gasteiger partial charge in [-0.3, -0.25) is 4.79 Å². The Morgan fingerprint density at radius 2 is 1.95 bits per heavy atom. The van der Waals surface area contributed by atoms with E-state index >= 15 is 0 Å². The maximum Gasteiger partial charge on any atom is 0.258 e. The molecule has 114 valence electrons. The molecule has 1 amide bonds. The predicted molar refractivity (Wildman–Crippen MR) is 81.6 cm³/mol. The van der Waals surface area contributed by atoms with Crippen molar-refractivity contribution in [3.05, 3.63) is 54.0 Å². The molecule has 1 aromatic carbocycles. The maximum absolute atomic E-state index is 12.9. The van der Waals surface area contributed by atoms with Crippen LogP contribution < -0.4 is 10.2 Å². The second-order valence-corrected chi connectivity index (χ2v) is 4.93. The monoisotopic (exact) mass is 301 g/mol. The summed E-state index contributed by atoms with van der Waals surface area (Å²) < 4.78 is 18.2. The van der Waals surface area contributed by atoms with Crippen LogP contribution in [-0.2, 0) is 4.74 Å². The van der Waals surface area contributed by atoms with Crippen molar-refractivity contribution in [3.63, 3.8) is 0 Å². The van der Waals surface area contributed by atoms with E-state index < -0.39 is 5.82 Å². The van der Waals surface area contributed by atoms with Gasteiger partial charge in [-0.2, -0.15) is 0 Å². The average Bonchev–Trinajstić information content (AvgIpc) is 2.58. The molecular weight excluding hydrogens is 285 g/mol. The van der Waals surface area contributed by atoms with Gasteiger partial charge in [-0.15, -0.1) is 0 Å². The lowest BCUT2D eigenvalue weighted by Crippen LogP contribution is -2.37. The Kier molecular flexibility index (Phi) is 4.29. The number of halogens is 1. The number of amides is 1. The number of para-hydroxylation sites is 1. The smallest absolute Gasteiger partial charge is 0.258 e. The molecule has 22 heavy (non-hydrogen) atoms. The maximum atomic E-state index is 12.9. The van der Waals surface area contributed by atoms with Crippen molar-refractivity contribution in [1.82, 2.24) is 4.98 Å². The Morgan fingerprint density at radius 3 is 2.68 bits per heavy atom. The van der Waals surface area contributed by atoms with Crippen molar-refractivity contribution < 1.29 is 13.9 Å². The van der Waals surface area contributed by atoms with Crippen molar-refractivity contribution in [1.29, 1.82) is 0 Å². The highest BCUT2D eigenvalue weighted by Gasteiger charge is 2.18. The van der Waals surface area contributed by atoms with E-state index in [1.54, 1.807) is 6.07 Å². The van der Waals surface area contributed by atoms with Gasteiger partial charge in [0, 0.05) is 18.8 Å². The van der Waals surface area contributed by atoms with Crippen molar-refractivity contribution in [2.45, 2.75) is 0 Å². The number of ether oxygens (including phenoxy) is 1. The molecule has 0 bridgehead atoms. The van der Waals surface area contributed by atoms with Crippen LogP contribution in [0.2, 0.25) is 0 Å². The number of aromatic nitrogens is 1. The molecule has 0 atom stereocenters. The van der Waals surface area contributed by atoms with Crippen molar-refractivity contribution in [2.24, 2.45) is 0 Å². The number of carbonyl (C=O) groups is 1. The lowest BCUT2D eigenvalue weighted by atomic mass is 10.1. The first-order chi connectivity index (χ1) is 10.7. The number of hydrogen-bond acceptors (Lipinski definition) is 4. The van der Waals surface area contributed by atoms with Gasteiger partial charge in [0.2, 0.25) is 0 Å². The molecule has 6 heteroatoms. The molecule has 0 unspecified atom stereocenters. The van der Waals surface area contributed by atoms with E-state index in [2.05, 4.69) is 15.2 Å². The number of nitrogens with zero attached hydrogens (tertiary/aromatic N) is 2. The SMILES string of the molecule is O=C(Nc1ccc(F)cn1)c1ccccc1N1CCOCC1. The first kappa shape index (κ1) is 14.5. The van der Waals surface area contributed by atoms with Crippen LogP contribution in [0.15, 0.2) is 42.6 Å². The van der Waals surface area contributed by atoms with Crippen LogP contribution in [0.5, 0.6) is 0 Å². The van der Waals surface area contributed by atoms with E-state index in [0.717, 1.165) is 25.0 Å². The highest BCUT2D eigenvalue weighted by molar-refractivity contribution is 6.07. The lowest BCUT2D eigenvalue weighted by Gasteiger charge is -2.30. The van der Waals surface area contributed by atoms with Crippen LogP contribution in [0, 0.1) is 5.82 Å². The number of hydrogen-bond donors (Lipinski definition) is 1. The molecule has 0 radical (unpaired) electrons. The topological polar surface area (TPSA) is 54.5 Å². The van der Waals surface area contributed by atoms with Crippen LogP contribution in [0.1, 0.15) is 10.4 Å². The highest BCUT2D eigenvalue weighted by atomic mass is 19.1. The quantitative estimate of drug-likeness (QED) is 0.945. The van der Waals surface area contributed by atoms with Crippen molar-refractivity contribution in [2.75, 3.05) is 36.5 Å². The second kappa shape index (κ2) is 6.53. The summed E-state index contributed by atoms with van der Waals surface area (Å²) >= 11 is 0. The summed E-state index contributed by atoms with van der Waals surface area (Å²) in [6.45, 7) is 2.79. The van der Waals surface area contributed by atoms with Gasteiger partial charge in [0.25, 0.3) is 5.91 Å². The number of rotatable bonds is 3. The summed E-state index contributed by atoms with van der Waals surface area (Å²) in [6, 6.07) is 10.1. The molecule has 1 aromatic heterocycles. The molecule has 3 rings (SSSR count). The minimum absolute atomic E-state index is 0.263. The summed E-state index contributed by atoms with van der Waals surface area (Å²) in [4.78, 5) is 18.4. The van der Waals surface area contributed by atoms with Gasteiger partial charge < -0.3 is 15.0 Å². The van der Waals surface area contributed by atoms with E-state index in [1.807, 2.05) is 18.2 Å². The summed E-state index contributed by atoms with van der Waals surface area (Å²) in [5.41, 5.74) is 1.43. The third kappa shape index (κ3) is 3.23. The van der Waals surface area contributed by atoms with E-state index in [9.17, 15) is 9.18 Å². The molecule has 0 saturated carbocycles. The van der Waals surface area contributed by atoms with E-state index in [1.165, 1.54) is 12.1 Å². The van der Waals surface area contributed by atoms with Gasteiger partial charge in [-0.1, -0.05) is 12.1 Å². The Hall–Kier alpha value is -2.47. The molecule has 0 spiro atoms. The molecule has 5 nitrogen and oxygen atoms in total. The van der Waals surface area contributed by atoms with Crippen LogP contribution in [0.3, 0.4) is 0 Å². The van der Waals surface area contributed by atoms with Gasteiger partial charge in [0.05, 0.1) is 25.0 Å². The van der Waals surface area contributed by atoms with Crippen LogP contribution >= 0.6 is 0 Å². The molecule has 0 aliphatic carbocycles. The highest BCUT2D eigenvalue weighted by Crippen LogP contribution is 2.22. The van der Waals surface area contributed by atoms with Crippen LogP contribution in [0.25, 0.3) is 0 Å². The van der Waals surface area contributed by atoms with E-state index in [-0.39, 0.29) is 5.91 Å². The Labute approximate surface area is 127 Å². The number of pyridine rings is 1. The number of nitrogens with one attached hydrogen (secondary N) is 1. The van der Waals surface area contributed by atoms with E-state index in [4.69, 9.17) is 4.74 Å². The first-order valence-electron chi connectivity index (χ1n) is 7.09. The van der Waals surface area contributed by atoms with Crippen LogP contribution in [0.4, 0.5) is 15.9 Å². The molecule has 1 saturated heterocycles. The minimum atomic E-state index is -0.438. The number of carbonyl (C=O) groups excluding carboxylic acids is 1. The van der Waals surface area contributed by atoms with Crippen LogP contribution in [-0.4, -0.2) is 37.2 Å². The van der Waals surface area contributed by atoms with Gasteiger partial charge >= 0.3 is 0 Å². The van der Waals surface area contributed by atoms with Crippen molar-refractivity contribution >= 4 is 17.4 Å². The normalized spacial score (nSPS) is 14.7. The lowest BCUT2D eigenvalue weighted by molar-refractivity contribution is 0.102. The number of anilines is 2. The van der Waals surface area contributed by atoms with Gasteiger partial charge in [-0.05, 0) is 24.3 Å².